The largest absolute Gasteiger partial charge is 0.493 e. The molecule has 0 saturated heterocycles. The summed E-state index contributed by atoms with van der Waals surface area (Å²) < 4.78 is 23.1. The number of nitrogens with zero attached hydrogens (tertiary/aromatic N) is 1. The number of benzene rings is 3. The fourth-order valence-electron chi connectivity index (χ4n) is 4.28. The van der Waals surface area contributed by atoms with Crippen LogP contribution in [0.25, 0.3) is 21.5 Å². The smallest absolute Gasteiger partial charge is 0.257 e. The Kier molecular flexibility index (Phi) is 5.10. The quantitative estimate of drug-likeness (QED) is 0.584. The van der Waals surface area contributed by atoms with Gasteiger partial charge in [-0.2, -0.15) is 0 Å². The summed E-state index contributed by atoms with van der Waals surface area (Å²) in [6.45, 7) is 4.63. The maximum absolute atomic E-state index is 13.0. The highest BCUT2D eigenvalue weighted by Gasteiger charge is 2.31. The number of hydrogen-bond donors (Lipinski definition) is 0. The number of rotatable bonds is 5. The lowest BCUT2D eigenvalue weighted by molar-refractivity contribution is 0.0777. The van der Waals surface area contributed by atoms with E-state index in [0.717, 1.165) is 33.5 Å². The van der Waals surface area contributed by atoms with E-state index in [2.05, 4.69) is 12.1 Å². The van der Waals surface area contributed by atoms with Gasteiger partial charge in [0.05, 0.1) is 33.0 Å². The third-order valence-electron chi connectivity index (χ3n) is 5.62. The number of methoxy groups -OCH3 is 3. The molecule has 3 aromatic carbocycles. The van der Waals surface area contributed by atoms with E-state index < -0.39 is 0 Å². The van der Waals surface area contributed by atoms with Crippen LogP contribution in [0.5, 0.6) is 23.0 Å². The van der Waals surface area contributed by atoms with Crippen LogP contribution >= 0.6 is 0 Å². The topological polar surface area (TPSA) is 57.2 Å². The molecule has 158 valence electrons. The Morgan fingerprint density at radius 3 is 2.30 bits per heavy atom. The molecule has 4 rings (SSSR count). The van der Waals surface area contributed by atoms with Crippen LogP contribution in [0.4, 0.5) is 0 Å². The van der Waals surface area contributed by atoms with E-state index in [1.807, 2.05) is 33.0 Å². The second-order valence-electron chi connectivity index (χ2n) is 7.78. The second kappa shape index (κ2) is 7.59. The first-order valence-electron chi connectivity index (χ1n) is 10.0. The van der Waals surface area contributed by atoms with Crippen LogP contribution in [0.3, 0.4) is 0 Å². The molecule has 6 nitrogen and oxygen atoms in total. The van der Waals surface area contributed by atoms with Crippen LogP contribution in [-0.2, 0) is 6.42 Å². The molecule has 0 radical (unpaired) electrons. The molecule has 1 aliphatic rings. The van der Waals surface area contributed by atoms with Gasteiger partial charge in [0.1, 0.15) is 0 Å². The van der Waals surface area contributed by atoms with Crippen molar-refractivity contribution in [3.8, 4) is 23.0 Å². The summed E-state index contributed by atoms with van der Waals surface area (Å²) in [6.07, 6.45) is 0.785. The van der Waals surface area contributed by atoms with Gasteiger partial charge >= 0.3 is 0 Å². The highest BCUT2D eigenvalue weighted by atomic mass is 16.5. The van der Waals surface area contributed by atoms with Gasteiger partial charge in [0.2, 0.25) is 0 Å². The Bertz CT molecular complexity index is 1150. The van der Waals surface area contributed by atoms with Gasteiger partial charge in [0.25, 0.3) is 5.91 Å². The van der Waals surface area contributed by atoms with Crippen LogP contribution in [0, 0.1) is 0 Å². The average molecular weight is 409 g/mol. The summed E-state index contributed by atoms with van der Waals surface area (Å²) in [6, 6.07) is 8.07. The monoisotopic (exact) mass is 409 g/mol. The SMILES string of the molecule is COc1cc2c(ccc3c4c(c(OC)c(OC)c32)C(=O)N(C)CC4)cc1OC(C)C. The van der Waals surface area contributed by atoms with Crippen molar-refractivity contribution >= 4 is 27.5 Å². The van der Waals surface area contributed by atoms with Gasteiger partial charge in [-0.25, -0.2) is 0 Å². The maximum Gasteiger partial charge on any atom is 0.257 e. The van der Waals surface area contributed by atoms with Crippen molar-refractivity contribution in [2.45, 2.75) is 26.4 Å². The molecule has 0 spiro atoms. The molecule has 0 aliphatic carbocycles. The molecule has 30 heavy (non-hydrogen) atoms. The maximum atomic E-state index is 13.0. The zero-order chi connectivity index (χ0) is 21.6. The van der Waals surface area contributed by atoms with Crippen molar-refractivity contribution in [3.63, 3.8) is 0 Å². The number of ether oxygens (including phenoxy) is 4. The summed E-state index contributed by atoms with van der Waals surface area (Å²) in [5.74, 6) is 2.33. The molecule has 1 amide bonds. The number of fused-ring (bicyclic) bond motifs is 5. The van der Waals surface area contributed by atoms with E-state index in [9.17, 15) is 4.79 Å². The average Bonchev–Trinajstić information content (AvgIpc) is 2.73. The first-order chi connectivity index (χ1) is 14.4. The van der Waals surface area contributed by atoms with Crippen LogP contribution < -0.4 is 18.9 Å². The number of amides is 1. The van der Waals surface area contributed by atoms with E-state index in [4.69, 9.17) is 18.9 Å². The number of carbonyl (C=O) groups is 1. The molecule has 0 unspecified atom stereocenters. The molecule has 1 heterocycles. The van der Waals surface area contributed by atoms with E-state index >= 15 is 0 Å². The molecule has 3 aromatic rings. The number of carbonyl (C=O) groups excluding carboxylic acids is 1. The minimum absolute atomic E-state index is 0.0291. The van der Waals surface area contributed by atoms with Gasteiger partial charge < -0.3 is 23.8 Å². The van der Waals surface area contributed by atoms with Crippen molar-refractivity contribution in [2.24, 2.45) is 0 Å². The van der Waals surface area contributed by atoms with E-state index in [-0.39, 0.29) is 12.0 Å². The summed E-state index contributed by atoms with van der Waals surface area (Å²) in [7, 11) is 6.62. The van der Waals surface area contributed by atoms with Crippen LogP contribution in [0.1, 0.15) is 29.8 Å². The van der Waals surface area contributed by atoms with Crippen molar-refractivity contribution in [3.05, 3.63) is 35.4 Å². The minimum atomic E-state index is -0.0494. The lowest BCUT2D eigenvalue weighted by Crippen LogP contribution is -2.34. The zero-order valence-electron chi connectivity index (χ0n) is 18.3. The van der Waals surface area contributed by atoms with Gasteiger partial charge in [-0.15, -0.1) is 0 Å². The van der Waals surface area contributed by atoms with Crippen molar-refractivity contribution < 1.29 is 23.7 Å². The molecular formula is C24H27NO5. The molecule has 0 aromatic heterocycles. The lowest BCUT2D eigenvalue weighted by Gasteiger charge is -2.29. The Morgan fingerprint density at radius 1 is 0.933 bits per heavy atom. The standard InChI is InChI=1S/C24H27NO5/c1-13(2)30-19-11-14-7-8-15-16-9-10-25(3)24(26)21(16)23(29-6)22(28-5)20(15)17(14)12-18(19)27-4/h7-8,11-13H,9-10H2,1-6H3. The Morgan fingerprint density at radius 2 is 1.67 bits per heavy atom. The van der Waals surface area contributed by atoms with Gasteiger partial charge in [-0.1, -0.05) is 12.1 Å². The lowest BCUT2D eigenvalue weighted by atomic mass is 9.89. The Labute approximate surface area is 176 Å². The first kappa shape index (κ1) is 20.1. The number of likely N-dealkylation sites (N-methyl/N-ethyl adjacent to an activating group) is 1. The predicted octanol–water partition coefficient (Wildman–Crippen LogP) is 4.43. The molecule has 0 saturated carbocycles. The molecule has 1 aliphatic heterocycles. The summed E-state index contributed by atoms with van der Waals surface area (Å²) >= 11 is 0. The molecule has 0 atom stereocenters. The van der Waals surface area contributed by atoms with Gasteiger partial charge in [0, 0.05) is 19.0 Å². The highest BCUT2D eigenvalue weighted by Crippen LogP contribution is 2.48. The van der Waals surface area contributed by atoms with E-state index in [0.29, 0.717) is 35.1 Å². The van der Waals surface area contributed by atoms with Gasteiger partial charge in [-0.05, 0) is 54.1 Å². The summed E-state index contributed by atoms with van der Waals surface area (Å²) in [4.78, 5) is 14.7. The highest BCUT2D eigenvalue weighted by molar-refractivity contribution is 6.17. The third-order valence-corrected chi connectivity index (χ3v) is 5.62. The normalized spacial score (nSPS) is 13.7. The molecule has 0 N–H and O–H groups in total. The van der Waals surface area contributed by atoms with E-state index in [1.54, 1.807) is 26.2 Å². The summed E-state index contributed by atoms with van der Waals surface area (Å²) in [5, 5.41) is 3.87. The van der Waals surface area contributed by atoms with Crippen molar-refractivity contribution in [1.82, 2.24) is 4.90 Å². The summed E-state index contributed by atoms with van der Waals surface area (Å²) in [5.41, 5.74) is 1.58. The zero-order valence-corrected chi connectivity index (χ0v) is 18.3. The molecule has 0 fully saturated rings. The fraction of sp³-hybridized carbons (Fsp3) is 0.375. The third kappa shape index (κ3) is 2.98. The van der Waals surface area contributed by atoms with Crippen LogP contribution in [-0.4, -0.2) is 51.8 Å². The molecule has 0 bridgehead atoms. The molecular weight excluding hydrogens is 382 g/mol. The molecule has 6 heteroatoms. The second-order valence-corrected chi connectivity index (χ2v) is 7.78. The van der Waals surface area contributed by atoms with Crippen LogP contribution in [0.15, 0.2) is 24.3 Å². The Hall–Kier alpha value is -3.15. The minimum Gasteiger partial charge on any atom is -0.493 e. The van der Waals surface area contributed by atoms with E-state index in [1.165, 1.54) is 0 Å². The van der Waals surface area contributed by atoms with Crippen molar-refractivity contribution in [1.29, 1.82) is 0 Å². The first-order valence-corrected chi connectivity index (χ1v) is 10.0. The number of hydrogen-bond acceptors (Lipinski definition) is 5. The predicted molar refractivity (Wildman–Crippen MR) is 118 cm³/mol. The van der Waals surface area contributed by atoms with Gasteiger partial charge in [0.15, 0.2) is 23.0 Å². The fourth-order valence-corrected chi connectivity index (χ4v) is 4.28. The Balaban J connectivity index is 2.13. The van der Waals surface area contributed by atoms with Crippen molar-refractivity contribution in [2.75, 3.05) is 34.9 Å². The van der Waals surface area contributed by atoms with Crippen LogP contribution in [0.2, 0.25) is 0 Å². The van der Waals surface area contributed by atoms with Gasteiger partial charge in [-0.3, -0.25) is 4.79 Å².